The Labute approximate surface area is 200 Å². The molecule has 3 aromatic carbocycles. The van der Waals surface area contributed by atoms with Gasteiger partial charge in [-0.15, -0.1) is 0 Å². The largest absolute Gasteiger partial charge is 0.390 e. The first-order valence-electron chi connectivity index (χ1n) is 11.7. The van der Waals surface area contributed by atoms with Gasteiger partial charge < -0.3 is 10.0 Å². The van der Waals surface area contributed by atoms with Crippen molar-refractivity contribution in [2.24, 2.45) is 0 Å². The van der Waals surface area contributed by atoms with Crippen LogP contribution >= 0.6 is 0 Å². The number of aliphatic hydroxyl groups is 1. The molecular weight excluding hydrogens is 428 g/mol. The standard InChI is InChI=1S/C28H30N2O4/c1-2-8-20-13-15-22(16-14-20)23-11-6-7-12-24(23)28(33)30-18-17-25(31)26(30)27(32)29-34-19-21-9-4-3-5-10-21/h3-7,9-16,25-26,31H,2,8,17-19H2,1H3,(H,29,32). The van der Waals surface area contributed by atoms with Crippen LogP contribution in [-0.2, 0) is 22.7 Å². The molecule has 0 radical (unpaired) electrons. The predicted molar refractivity (Wildman–Crippen MR) is 131 cm³/mol. The molecule has 0 aromatic heterocycles. The normalized spacial score (nSPS) is 17.5. The second-order valence-corrected chi connectivity index (χ2v) is 8.53. The van der Waals surface area contributed by atoms with E-state index < -0.39 is 18.1 Å². The molecule has 2 unspecified atom stereocenters. The molecule has 1 heterocycles. The molecule has 1 saturated heterocycles. The van der Waals surface area contributed by atoms with Crippen molar-refractivity contribution in [3.63, 3.8) is 0 Å². The molecule has 6 nitrogen and oxygen atoms in total. The van der Waals surface area contributed by atoms with Crippen LogP contribution in [0.3, 0.4) is 0 Å². The molecule has 2 amide bonds. The molecule has 0 bridgehead atoms. The molecule has 1 aliphatic heterocycles. The van der Waals surface area contributed by atoms with Crippen molar-refractivity contribution in [1.82, 2.24) is 10.4 Å². The minimum atomic E-state index is -1.01. The summed E-state index contributed by atoms with van der Waals surface area (Å²) in [5.41, 5.74) is 6.82. The van der Waals surface area contributed by atoms with Gasteiger partial charge in [0.25, 0.3) is 11.8 Å². The Bertz CT molecular complexity index is 1110. The Morgan fingerprint density at radius 2 is 1.68 bits per heavy atom. The summed E-state index contributed by atoms with van der Waals surface area (Å²) in [7, 11) is 0. The summed E-state index contributed by atoms with van der Waals surface area (Å²) in [4.78, 5) is 33.2. The van der Waals surface area contributed by atoms with E-state index in [1.807, 2.05) is 60.7 Å². The molecular formula is C28H30N2O4. The number of aliphatic hydroxyl groups excluding tert-OH is 1. The second kappa shape index (κ2) is 11.1. The van der Waals surface area contributed by atoms with E-state index in [9.17, 15) is 14.7 Å². The summed E-state index contributed by atoms with van der Waals surface area (Å²) < 4.78 is 0. The van der Waals surface area contributed by atoms with Crippen molar-refractivity contribution in [1.29, 1.82) is 0 Å². The summed E-state index contributed by atoms with van der Waals surface area (Å²) >= 11 is 0. The minimum Gasteiger partial charge on any atom is -0.390 e. The summed E-state index contributed by atoms with van der Waals surface area (Å²) in [6, 6.07) is 24.0. The van der Waals surface area contributed by atoms with Gasteiger partial charge in [0, 0.05) is 12.1 Å². The first kappa shape index (κ1) is 23.7. The van der Waals surface area contributed by atoms with Crippen molar-refractivity contribution >= 4 is 11.8 Å². The van der Waals surface area contributed by atoms with Crippen LogP contribution in [0.1, 0.15) is 41.3 Å². The SMILES string of the molecule is CCCc1ccc(-c2ccccc2C(=O)N2CCC(O)C2C(=O)NOCc2ccccc2)cc1. The third-order valence-electron chi connectivity index (χ3n) is 6.11. The number of hydrogen-bond acceptors (Lipinski definition) is 4. The molecule has 0 spiro atoms. The van der Waals surface area contributed by atoms with Gasteiger partial charge in [0.2, 0.25) is 0 Å². The number of rotatable bonds is 8. The number of benzene rings is 3. The van der Waals surface area contributed by atoms with Crippen LogP contribution in [0.5, 0.6) is 0 Å². The molecule has 0 aliphatic carbocycles. The Balaban J connectivity index is 1.50. The Hall–Kier alpha value is -3.48. The van der Waals surface area contributed by atoms with Gasteiger partial charge >= 0.3 is 0 Å². The number of carbonyl (C=O) groups excluding carboxylic acids is 2. The maximum Gasteiger partial charge on any atom is 0.269 e. The topological polar surface area (TPSA) is 78.9 Å². The molecule has 176 valence electrons. The van der Waals surface area contributed by atoms with Crippen molar-refractivity contribution in [3.8, 4) is 11.1 Å². The van der Waals surface area contributed by atoms with E-state index in [4.69, 9.17) is 4.84 Å². The second-order valence-electron chi connectivity index (χ2n) is 8.53. The van der Waals surface area contributed by atoms with E-state index in [-0.39, 0.29) is 12.5 Å². The van der Waals surface area contributed by atoms with E-state index in [1.54, 1.807) is 6.07 Å². The maximum absolute atomic E-state index is 13.6. The van der Waals surface area contributed by atoms with Crippen LogP contribution in [0.2, 0.25) is 0 Å². The highest BCUT2D eigenvalue weighted by Gasteiger charge is 2.42. The number of carbonyl (C=O) groups is 2. The average molecular weight is 459 g/mol. The maximum atomic E-state index is 13.6. The number of aryl methyl sites for hydroxylation is 1. The van der Waals surface area contributed by atoms with Gasteiger partial charge in [-0.2, -0.15) is 0 Å². The third-order valence-corrected chi connectivity index (χ3v) is 6.11. The number of nitrogens with one attached hydrogen (secondary N) is 1. The van der Waals surface area contributed by atoms with E-state index >= 15 is 0 Å². The number of nitrogens with zero attached hydrogens (tertiary/aromatic N) is 1. The fourth-order valence-corrected chi connectivity index (χ4v) is 4.36. The van der Waals surface area contributed by atoms with E-state index in [1.165, 1.54) is 10.5 Å². The van der Waals surface area contributed by atoms with Gasteiger partial charge in [-0.25, -0.2) is 5.48 Å². The van der Waals surface area contributed by atoms with Crippen LogP contribution < -0.4 is 5.48 Å². The van der Waals surface area contributed by atoms with E-state index in [0.717, 1.165) is 29.5 Å². The van der Waals surface area contributed by atoms with E-state index in [0.29, 0.717) is 18.5 Å². The smallest absolute Gasteiger partial charge is 0.269 e. The van der Waals surface area contributed by atoms with Crippen LogP contribution in [0.15, 0.2) is 78.9 Å². The predicted octanol–water partition coefficient (Wildman–Crippen LogP) is 4.13. The fourth-order valence-electron chi connectivity index (χ4n) is 4.36. The van der Waals surface area contributed by atoms with Crippen LogP contribution in [0.4, 0.5) is 0 Å². The zero-order valence-corrected chi connectivity index (χ0v) is 19.3. The lowest BCUT2D eigenvalue weighted by atomic mass is 9.97. The monoisotopic (exact) mass is 458 g/mol. The molecule has 0 saturated carbocycles. The number of hydrogen-bond donors (Lipinski definition) is 2. The number of amides is 2. The zero-order valence-electron chi connectivity index (χ0n) is 19.3. The molecule has 1 aliphatic rings. The molecule has 34 heavy (non-hydrogen) atoms. The molecule has 2 atom stereocenters. The van der Waals surface area contributed by atoms with Crippen LogP contribution in [-0.4, -0.2) is 40.5 Å². The van der Waals surface area contributed by atoms with Crippen LogP contribution in [0.25, 0.3) is 11.1 Å². The minimum absolute atomic E-state index is 0.195. The Morgan fingerprint density at radius 1 is 0.971 bits per heavy atom. The highest BCUT2D eigenvalue weighted by molar-refractivity contribution is 6.03. The zero-order chi connectivity index (χ0) is 23.9. The Morgan fingerprint density at radius 3 is 2.41 bits per heavy atom. The summed E-state index contributed by atoms with van der Waals surface area (Å²) in [6.45, 7) is 2.63. The summed E-state index contributed by atoms with van der Waals surface area (Å²) in [5.74, 6) is -0.816. The highest BCUT2D eigenvalue weighted by atomic mass is 16.7. The van der Waals surface area contributed by atoms with Crippen LogP contribution in [0, 0.1) is 0 Å². The Kier molecular flexibility index (Phi) is 7.72. The lowest BCUT2D eigenvalue weighted by Gasteiger charge is -2.26. The van der Waals surface area contributed by atoms with E-state index in [2.05, 4.69) is 24.5 Å². The summed E-state index contributed by atoms with van der Waals surface area (Å²) in [5, 5.41) is 10.5. The average Bonchev–Trinajstić information content (AvgIpc) is 3.26. The van der Waals surface area contributed by atoms with Crippen molar-refractivity contribution < 1.29 is 19.5 Å². The highest BCUT2D eigenvalue weighted by Crippen LogP contribution is 2.28. The van der Waals surface area contributed by atoms with Gasteiger partial charge in [-0.05, 0) is 41.2 Å². The molecule has 6 heteroatoms. The van der Waals surface area contributed by atoms with Gasteiger partial charge in [-0.1, -0.05) is 86.1 Å². The molecule has 1 fully saturated rings. The number of hydroxylamine groups is 1. The first-order chi connectivity index (χ1) is 16.6. The van der Waals surface area contributed by atoms with Gasteiger partial charge in [0.15, 0.2) is 0 Å². The molecule has 2 N–H and O–H groups in total. The quantitative estimate of drug-likeness (QED) is 0.498. The first-order valence-corrected chi connectivity index (χ1v) is 11.7. The third kappa shape index (κ3) is 5.35. The molecule has 3 aromatic rings. The van der Waals surface area contributed by atoms with Gasteiger partial charge in [0.05, 0.1) is 12.7 Å². The van der Waals surface area contributed by atoms with Crippen molar-refractivity contribution in [2.75, 3.05) is 6.54 Å². The van der Waals surface area contributed by atoms with Crippen molar-refractivity contribution in [3.05, 3.63) is 95.6 Å². The van der Waals surface area contributed by atoms with Gasteiger partial charge in [0.1, 0.15) is 6.04 Å². The lowest BCUT2D eigenvalue weighted by molar-refractivity contribution is -0.141. The molecule has 4 rings (SSSR count). The number of likely N-dealkylation sites (tertiary alicyclic amines) is 1. The fraction of sp³-hybridized carbons (Fsp3) is 0.286. The van der Waals surface area contributed by atoms with Gasteiger partial charge in [-0.3, -0.25) is 14.4 Å². The lowest BCUT2D eigenvalue weighted by Crippen LogP contribution is -2.50. The summed E-state index contributed by atoms with van der Waals surface area (Å²) in [6.07, 6.45) is 1.46. The van der Waals surface area contributed by atoms with Crippen molar-refractivity contribution in [2.45, 2.75) is 44.9 Å².